The van der Waals surface area contributed by atoms with Crippen molar-refractivity contribution < 1.29 is 9.18 Å². The molecule has 0 N–H and O–H groups in total. The Morgan fingerprint density at radius 3 is 2.43 bits per heavy atom. The van der Waals surface area contributed by atoms with Crippen LogP contribution in [0.25, 0.3) is 21.7 Å². The molecule has 0 aliphatic rings. The van der Waals surface area contributed by atoms with Crippen molar-refractivity contribution in [3.8, 4) is 0 Å². The third-order valence-corrected chi connectivity index (χ3v) is 5.32. The molecule has 0 bridgehead atoms. The van der Waals surface area contributed by atoms with Crippen molar-refractivity contribution >= 4 is 27.5 Å². The van der Waals surface area contributed by atoms with Crippen LogP contribution < -0.4 is 0 Å². The molecule has 0 saturated carbocycles. The van der Waals surface area contributed by atoms with Crippen LogP contribution in [0.4, 0.5) is 4.39 Å². The lowest BCUT2D eigenvalue weighted by molar-refractivity contribution is 0.104. The van der Waals surface area contributed by atoms with Crippen molar-refractivity contribution in [3.63, 3.8) is 0 Å². The molecule has 1 aromatic heterocycles. The first kappa shape index (κ1) is 18.4. The Bertz CT molecular complexity index is 1120. The van der Waals surface area contributed by atoms with Gasteiger partial charge in [-0.1, -0.05) is 60.7 Å². The van der Waals surface area contributed by atoms with Crippen LogP contribution in [0.3, 0.4) is 0 Å². The van der Waals surface area contributed by atoms with Gasteiger partial charge in [-0.3, -0.25) is 4.79 Å². The number of hydrogen-bond acceptors (Lipinski definition) is 1. The zero-order valence-corrected chi connectivity index (χ0v) is 16.1. The molecule has 0 radical (unpaired) electrons. The number of carbonyl (C=O) groups excluding carboxylic acids is 1. The summed E-state index contributed by atoms with van der Waals surface area (Å²) in [4.78, 5) is 13.4. The Hall–Kier alpha value is -2.94. The van der Waals surface area contributed by atoms with Gasteiger partial charge < -0.3 is 4.57 Å². The van der Waals surface area contributed by atoms with E-state index in [1.54, 1.807) is 6.92 Å². The molecule has 28 heavy (non-hydrogen) atoms. The summed E-state index contributed by atoms with van der Waals surface area (Å²) in [6, 6.07) is 21.9. The van der Waals surface area contributed by atoms with Gasteiger partial charge in [0, 0.05) is 34.8 Å². The monoisotopic (exact) mass is 373 g/mol. The first-order valence-electron chi connectivity index (χ1n) is 9.89. The number of alkyl halides is 1. The van der Waals surface area contributed by atoms with E-state index >= 15 is 0 Å². The number of nitrogens with zero attached hydrogens (tertiary/aromatic N) is 1. The van der Waals surface area contributed by atoms with E-state index in [0.717, 1.165) is 52.2 Å². The molecule has 0 aliphatic heterocycles. The number of benzene rings is 3. The topological polar surface area (TPSA) is 22.0 Å². The van der Waals surface area contributed by atoms with Crippen LogP contribution in [-0.4, -0.2) is 16.5 Å². The molecule has 4 rings (SSSR count). The largest absolute Gasteiger partial charge is 0.347 e. The van der Waals surface area contributed by atoms with Crippen molar-refractivity contribution in [2.75, 3.05) is 0 Å². The van der Waals surface area contributed by atoms with Gasteiger partial charge in [0.25, 0.3) is 0 Å². The number of ketones is 1. The van der Waals surface area contributed by atoms with Gasteiger partial charge in [-0.25, -0.2) is 4.39 Å². The molecule has 0 fully saturated rings. The normalized spacial score (nSPS) is 12.5. The second-order valence-electron chi connectivity index (χ2n) is 7.39. The first-order valence-corrected chi connectivity index (χ1v) is 9.89. The standard InChI is InChI=1S/C25H24FNO/c1-18(26)9-6-7-16-27-17-23(21-13-4-5-15-24(21)27)25(28)22-14-8-11-19-10-2-3-12-20(19)22/h2-5,8,10-15,17-18H,6-7,9,16H2,1H3/t18-/m0/s1. The predicted octanol–water partition coefficient (Wildman–Crippen LogP) is 6.55. The van der Waals surface area contributed by atoms with Gasteiger partial charge in [0.1, 0.15) is 0 Å². The lowest BCUT2D eigenvalue weighted by atomic mass is 9.97. The fraction of sp³-hybridized carbons (Fsp3) is 0.240. The number of aromatic nitrogens is 1. The number of fused-ring (bicyclic) bond motifs is 2. The van der Waals surface area contributed by atoms with E-state index in [1.165, 1.54) is 0 Å². The second-order valence-corrected chi connectivity index (χ2v) is 7.39. The molecule has 0 unspecified atom stereocenters. The van der Waals surface area contributed by atoms with Crippen molar-refractivity contribution in [1.82, 2.24) is 4.57 Å². The third-order valence-electron chi connectivity index (χ3n) is 5.32. The van der Waals surface area contributed by atoms with Crippen LogP contribution in [-0.2, 0) is 6.54 Å². The minimum atomic E-state index is -0.759. The Kier molecular flexibility index (Phi) is 5.25. The van der Waals surface area contributed by atoms with E-state index < -0.39 is 6.17 Å². The summed E-state index contributed by atoms with van der Waals surface area (Å²) in [5, 5.41) is 3.01. The van der Waals surface area contributed by atoms with Crippen LogP contribution in [0.15, 0.2) is 72.9 Å². The molecule has 0 amide bonds. The van der Waals surface area contributed by atoms with Gasteiger partial charge in [-0.2, -0.15) is 0 Å². The second kappa shape index (κ2) is 7.97. The van der Waals surface area contributed by atoms with Crippen LogP contribution in [0.5, 0.6) is 0 Å². The van der Waals surface area contributed by atoms with Crippen LogP contribution in [0.1, 0.15) is 42.1 Å². The molecule has 142 valence electrons. The molecule has 4 aromatic rings. The molecular weight excluding hydrogens is 349 g/mol. The molecule has 0 saturated heterocycles. The van der Waals surface area contributed by atoms with E-state index in [0.29, 0.717) is 6.42 Å². The number of aryl methyl sites for hydroxylation is 1. The summed E-state index contributed by atoms with van der Waals surface area (Å²) in [6.45, 7) is 2.39. The van der Waals surface area contributed by atoms with Crippen LogP contribution in [0, 0.1) is 0 Å². The highest BCUT2D eigenvalue weighted by Crippen LogP contribution is 2.27. The maximum atomic E-state index is 13.4. The zero-order valence-electron chi connectivity index (χ0n) is 16.1. The van der Waals surface area contributed by atoms with Gasteiger partial charge in [0.2, 0.25) is 0 Å². The summed E-state index contributed by atoms with van der Waals surface area (Å²) >= 11 is 0. The summed E-state index contributed by atoms with van der Waals surface area (Å²) in [5.41, 5.74) is 2.51. The summed E-state index contributed by atoms with van der Waals surface area (Å²) < 4.78 is 15.2. The minimum absolute atomic E-state index is 0.0455. The maximum absolute atomic E-state index is 13.4. The average molecular weight is 373 g/mol. The summed E-state index contributed by atoms with van der Waals surface area (Å²) in [7, 11) is 0. The van der Waals surface area contributed by atoms with Crippen molar-refractivity contribution in [2.24, 2.45) is 0 Å². The first-order chi connectivity index (χ1) is 13.6. The summed E-state index contributed by atoms with van der Waals surface area (Å²) in [6.07, 6.45) is 3.53. The van der Waals surface area contributed by atoms with Gasteiger partial charge >= 0.3 is 0 Å². The van der Waals surface area contributed by atoms with Gasteiger partial charge in [0.05, 0.1) is 6.17 Å². The Balaban J connectivity index is 1.71. The van der Waals surface area contributed by atoms with Gasteiger partial charge in [0.15, 0.2) is 5.78 Å². The number of carbonyl (C=O) groups is 1. The predicted molar refractivity (Wildman–Crippen MR) is 114 cm³/mol. The Labute approximate surface area is 164 Å². The number of hydrogen-bond donors (Lipinski definition) is 0. The van der Waals surface area contributed by atoms with Crippen LogP contribution in [0.2, 0.25) is 0 Å². The summed E-state index contributed by atoms with van der Waals surface area (Å²) in [5.74, 6) is 0.0455. The lowest BCUT2D eigenvalue weighted by Gasteiger charge is -2.06. The molecule has 2 nitrogen and oxygen atoms in total. The molecule has 1 heterocycles. The highest BCUT2D eigenvalue weighted by atomic mass is 19.1. The fourth-order valence-corrected chi connectivity index (χ4v) is 3.89. The van der Waals surface area contributed by atoms with Gasteiger partial charge in [-0.05, 0) is 43.0 Å². The smallest absolute Gasteiger partial charge is 0.195 e. The zero-order chi connectivity index (χ0) is 19.5. The quantitative estimate of drug-likeness (QED) is 0.266. The molecule has 1 atom stereocenters. The van der Waals surface area contributed by atoms with Gasteiger partial charge in [-0.15, -0.1) is 0 Å². The van der Waals surface area contributed by atoms with E-state index in [2.05, 4.69) is 4.57 Å². The number of halogens is 1. The molecule has 3 heteroatoms. The molecule has 0 aliphatic carbocycles. The molecular formula is C25H24FNO. The Morgan fingerprint density at radius 2 is 1.61 bits per heavy atom. The molecule has 0 spiro atoms. The highest BCUT2D eigenvalue weighted by Gasteiger charge is 2.18. The lowest BCUT2D eigenvalue weighted by Crippen LogP contribution is -2.02. The number of rotatable bonds is 7. The third kappa shape index (κ3) is 3.57. The Morgan fingerprint density at radius 1 is 0.893 bits per heavy atom. The van der Waals surface area contributed by atoms with E-state index in [1.807, 2.05) is 72.9 Å². The SMILES string of the molecule is C[C@H](F)CCCCn1cc(C(=O)c2cccc3ccccc23)c2ccccc21. The van der Waals surface area contributed by atoms with Crippen LogP contribution >= 0.6 is 0 Å². The van der Waals surface area contributed by atoms with Crippen molar-refractivity contribution in [3.05, 3.63) is 84.1 Å². The van der Waals surface area contributed by atoms with E-state index in [-0.39, 0.29) is 5.78 Å². The van der Waals surface area contributed by atoms with E-state index in [4.69, 9.17) is 0 Å². The maximum Gasteiger partial charge on any atom is 0.195 e. The fourth-order valence-electron chi connectivity index (χ4n) is 3.89. The molecule has 3 aromatic carbocycles. The average Bonchev–Trinajstić information content (AvgIpc) is 3.09. The number of unbranched alkanes of at least 4 members (excludes halogenated alkanes) is 1. The number of para-hydroxylation sites is 1. The van der Waals surface area contributed by atoms with Crippen molar-refractivity contribution in [1.29, 1.82) is 0 Å². The van der Waals surface area contributed by atoms with Crippen molar-refractivity contribution in [2.45, 2.75) is 38.9 Å². The minimum Gasteiger partial charge on any atom is -0.347 e. The van der Waals surface area contributed by atoms with E-state index in [9.17, 15) is 9.18 Å². The highest BCUT2D eigenvalue weighted by molar-refractivity contribution is 6.21.